The van der Waals surface area contributed by atoms with Gasteiger partial charge in [-0.2, -0.15) is 0 Å². The molecule has 3 N–H and O–H groups in total. The first-order valence-electron chi connectivity index (χ1n) is 10.2. The SMILES string of the molecule is C[C@@H](Nc1ccc(NS(=O)(=O)c2ccc3c(c2)OCCCO3)cc1)C(=O)N1CCNC1=O. The highest BCUT2D eigenvalue weighted by Gasteiger charge is 2.29. The largest absolute Gasteiger partial charge is 0.490 e. The van der Waals surface area contributed by atoms with Crippen molar-refractivity contribution >= 4 is 33.3 Å². The van der Waals surface area contributed by atoms with Crippen molar-refractivity contribution in [2.75, 3.05) is 36.3 Å². The third-order valence-corrected chi connectivity index (χ3v) is 6.42. The van der Waals surface area contributed by atoms with Crippen molar-refractivity contribution in [3.05, 3.63) is 42.5 Å². The highest BCUT2D eigenvalue weighted by Crippen LogP contribution is 2.32. The van der Waals surface area contributed by atoms with Gasteiger partial charge >= 0.3 is 6.03 Å². The van der Waals surface area contributed by atoms with Gasteiger partial charge in [-0.3, -0.25) is 14.4 Å². The number of sulfonamides is 1. The molecule has 1 saturated heterocycles. The zero-order valence-electron chi connectivity index (χ0n) is 17.5. The lowest BCUT2D eigenvalue weighted by molar-refractivity contribution is -0.128. The van der Waals surface area contributed by atoms with E-state index in [-0.39, 0.29) is 10.8 Å². The molecule has 4 rings (SSSR count). The summed E-state index contributed by atoms with van der Waals surface area (Å²) < 4.78 is 39.2. The van der Waals surface area contributed by atoms with Gasteiger partial charge in [-0.05, 0) is 43.3 Å². The Morgan fingerprint density at radius 1 is 1.06 bits per heavy atom. The number of carbonyl (C=O) groups is 2. The maximum absolute atomic E-state index is 12.8. The van der Waals surface area contributed by atoms with E-state index in [4.69, 9.17) is 9.47 Å². The molecule has 0 unspecified atom stereocenters. The van der Waals surface area contributed by atoms with Crippen molar-refractivity contribution < 1.29 is 27.5 Å². The summed E-state index contributed by atoms with van der Waals surface area (Å²) in [5, 5.41) is 5.61. The average molecular weight is 461 g/mol. The molecule has 11 heteroatoms. The Morgan fingerprint density at radius 2 is 1.75 bits per heavy atom. The van der Waals surface area contributed by atoms with E-state index in [9.17, 15) is 18.0 Å². The molecule has 2 aromatic rings. The van der Waals surface area contributed by atoms with Crippen LogP contribution in [-0.4, -0.2) is 57.6 Å². The number of hydrogen-bond donors (Lipinski definition) is 3. The minimum atomic E-state index is -3.84. The number of carbonyl (C=O) groups excluding carboxylic acids is 2. The number of fused-ring (bicyclic) bond motifs is 1. The van der Waals surface area contributed by atoms with E-state index >= 15 is 0 Å². The van der Waals surface area contributed by atoms with Crippen LogP contribution in [0.5, 0.6) is 11.5 Å². The van der Waals surface area contributed by atoms with Crippen molar-refractivity contribution in [2.45, 2.75) is 24.3 Å². The molecule has 0 radical (unpaired) electrons. The number of amides is 3. The van der Waals surface area contributed by atoms with Gasteiger partial charge in [0.25, 0.3) is 15.9 Å². The number of rotatable bonds is 6. The lowest BCUT2D eigenvalue weighted by Gasteiger charge is -2.20. The number of ether oxygens (including phenoxy) is 2. The molecule has 0 spiro atoms. The predicted molar refractivity (Wildman–Crippen MR) is 117 cm³/mol. The summed E-state index contributed by atoms with van der Waals surface area (Å²) in [6, 6.07) is 9.95. The summed E-state index contributed by atoms with van der Waals surface area (Å²) >= 11 is 0. The van der Waals surface area contributed by atoms with E-state index in [1.807, 2.05) is 0 Å². The maximum atomic E-state index is 12.8. The summed E-state index contributed by atoms with van der Waals surface area (Å²) in [7, 11) is -3.84. The standard InChI is InChI=1S/C21H24N4O6S/c1-14(20(26)25-10-9-22-21(25)27)23-15-3-5-16(6-4-15)24-32(28,29)17-7-8-18-19(13-17)31-12-2-11-30-18/h3-8,13-14,23-24H,2,9-12H2,1H3,(H,22,27)/t14-/m1/s1. The number of nitrogens with zero attached hydrogens (tertiary/aromatic N) is 1. The van der Waals surface area contributed by atoms with E-state index in [0.717, 1.165) is 11.3 Å². The van der Waals surface area contributed by atoms with E-state index in [1.54, 1.807) is 37.3 Å². The van der Waals surface area contributed by atoms with Gasteiger partial charge in [0.1, 0.15) is 6.04 Å². The van der Waals surface area contributed by atoms with Crippen LogP contribution in [0.3, 0.4) is 0 Å². The minimum Gasteiger partial charge on any atom is -0.490 e. The monoisotopic (exact) mass is 460 g/mol. The number of nitrogens with one attached hydrogen (secondary N) is 3. The van der Waals surface area contributed by atoms with Gasteiger partial charge in [0.05, 0.1) is 18.1 Å². The van der Waals surface area contributed by atoms with Gasteiger partial charge in [0.2, 0.25) is 0 Å². The van der Waals surface area contributed by atoms with Crippen molar-refractivity contribution in [1.29, 1.82) is 0 Å². The fourth-order valence-electron chi connectivity index (χ4n) is 3.39. The van der Waals surface area contributed by atoms with Crippen molar-refractivity contribution in [2.24, 2.45) is 0 Å². The van der Waals surface area contributed by atoms with E-state index < -0.39 is 22.1 Å². The van der Waals surface area contributed by atoms with Crippen LogP contribution in [0.1, 0.15) is 13.3 Å². The lowest BCUT2D eigenvalue weighted by Crippen LogP contribution is -2.43. The number of urea groups is 1. The Labute approximate surface area is 185 Å². The molecule has 0 bridgehead atoms. The third kappa shape index (κ3) is 4.72. The van der Waals surface area contributed by atoms with Crippen LogP contribution in [0, 0.1) is 0 Å². The van der Waals surface area contributed by atoms with Crippen LogP contribution in [0.2, 0.25) is 0 Å². The molecule has 32 heavy (non-hydrogen) atoms. The van der Waals surface area contributed by atoms with Crippen LogP contribution in [0.25, 0.3) is 0 Å². The molecular weight excluding hydrogens is 436 g/mol. The summed E-state index contributed by atoms with van der Waals surface area (Å²) in [5.41, 5.74) is 0.976. The minimum absolute atomic E-state index is 0.0621. The summed E-state index contributed by atoms with van der Waals surface area (Å²) in [6.45, 7) is 3.42. The Kier molecular flexibility index (Phi) is 6.08. The van der Waals surface area contributed by atoms with Gasteiger partial charge < -0.3 is 20.1 Å². The smallest absolute Gasteiger partial charge is 0.324 e. The lowest BCUT2D eigenvalue weighted by atomic mass is 10.2. The summed E-state index contributed by atoms with van der Waals surface area (Å²) in [6.07, 6.45) is 0.727. The van der Waals surface area contributed by atoms with Crippen LogP contribution < -0.4 is 24.8 Å². The average Bonchev–Trinajstić information content (AvgIpc) is 3.06. The second-order valence-corrected chi connectivity index (χ2v) is 9.11. The number of imide groups is 1. The molecule has 0 saturated carbocycles. The van der Waals surface area contributed by atoms with Gasteiger partial charge in [0, 0.05) is 37.0 Å². The highest BCUT2D eigenvalue weighted by atomic mass is 32.2. The molecule has 1 atom stereocenters. The molecule has 0 aliphatic carbocycles. The maximum Gasteiger partial charge on any atom is 0.324 e. The van der Waals surface area contributed by atoms with Crippen molar-refractivity contribution in [1.82, 2.24) is 10.2 Å². The normalized spacial score (nSPS) is 16.7. The fourth-order valence-corrected chi connectivity index (χ4v) is 4.46. The van der Waals surface area contributed by atoms with E-state index in [2.05, 4.69) is 15.4 Å². The van der Waals surface area contributed by atoms with Crippen molar-refractivity contribution in [3.8, 4) is 11.5 Å². The van der Waals surface area contributed by atoms with Crippen LogP contribution in [0.4, 0.5) is 16.2 Å². The Hall–Kier alpha value is -3.47. The van der Waals surface area contributed by atoms with E-state index in [0.29, 0.717) is 49.2 Å². The molecule has 3 amide bonds. The molecule has 2 aromatic carbocycles. The first kappa shape index (κ1) is 21.8. The molecule has 1 fully saturated rings. The number of benzene rings is 2. The van der Waals surface area contributed by atoms with Gasteiger partial charge in [0.15, 0.2) is 11.5 Å². The zero-order valence-corrected chi connectivity index (χ0v) is 18.3. The number of anilines is 2. The molecule has 10 nitrogen and oxygen atoms in total. The highest BCUT2D eigenvalue weighted by molar-refractivity contribution is 7.92. The molecule has 2 aliphatic rings. The number of hydrogen-bond acceptors (Lipinski definition) is 7. The van der Waals surface area contributed by atoms with Crippen LogP contribution >= 0.6 is 0 Å². The van der Waals surface area contributed by atoms with Gasteiger partial charge in [-0.15, -0.1) is 0 Å². The van der Waals surface area contributed by atoms with Gasteiger partial charge in [-0.1, -0.05) is 0 Å². The Bertz CT molecular complexity index is 1120. The Balaban J connectivity index is 1.41. The topological polar surface area (TPSA) is 126 Å². The molecular formula is C21H24N4O6S. The zero-order chi connectivity index (χ0) is 22.7. The van der Waals surface area contributed by atoms with Crippen LogP contribution in [0.15, 0.2) is 47.4 Å². The summed E-state index contributed by atoms with van der Waals surface area (Å²) in [5.74, 6) is 0.585. The van der Waals surface area contributed by atoms with E-state index in [1.165, 1.54) is 12.1 Å². The first-order chi connectivity index (χ1) is 15.3. The molecule has 2 heterocycles. The second kappa shape index (κ2) is 8.95. The fraction of sp³-hybridized carbons (Fsp3) is 0.333. The van der Waals surface area contributed by atoms with Crippen molar-refractivity contribution in [3.63, 3.8) is 0 Å². The molecule has 170 valence electrons. The molecule has 2 aliphatic heterocycles. The predicted octanol–water partition coefficient (Wildman–Crippen LogP) is 2.00. The molecule has 0 aromatic heterocycles. The summed E-state index contributed by atoms with van der Waals surface area (Å²) in [4.78, 5) is 25.3. The Morgan fingerprint density at radius 3 is 2.44 bits per heavy atom. The first-order valence-corrected chi connectivity index (χ1v) is 11.7. The quantitative estimate of drug-likeness (QED) is 0.602. The third-order valence-electron chi connectivity index (χ3n) is 5.04. The van der Waals surface area contributed by atoms with Gasteiger partial charge in [-0.25, -0.2) is 13.2 Å². The second-order valence-electron chi connectivity index (χ2n) is 7.43. The van der Waals surface area contributed by atoms with Crippen LogP contribution in [-0.2, 0) is 14.8 Å².